The van der Waals surface area contributed by atoms with Crippen LogP contribution in [0.25, 0.3) is 0 Å². The molecule has 0 atom stereocenters. The monoisotopic (exact) mass is 355 g/mol. The van der Waals surface area contributed by atoms with E-state index in [2.05, 4.69) is 0 Å². The first-order chi connectivity index (χ1) is 12.2. The Hall–Kier alpha value is -2.86. The van der Waals surface area contributed by atoms with Crippen LogP contribution in [0.2, 0.25) is 0 Å². The molecular formula is C20H25N3O3. The Morgan fingerprint density at radius 3 is 2.08 bits per heavy atom. The highest BCUT2D eigenvalue weighted by Crippen LogP contribution is 2.22. The van der Waals surface area contributed by atoms with Crippen molar-refractivity contribution in [2.45, 2.75) is 32.8 Å². The number of ether oxygens (including phenoxy) is 1. The first-order valence-electron chi connectivity index (χ1n) is 8.43. The SMILES string of the molecule is CC(C)(C)OC(=O)N(C(=O)c1ccc(N)cc1)c1ccc(CCN)cc1. The molecule has 0 bridgehead atoms. The van der Waals surface area contributed by atoms with Gasteiger partial charge in [-0.2, -0.15) is 0 Å². The van der Waals surface area contributed by atoms with Gasteiger partial charge in [0.25, 0.3) is 5.91 Å². The van der Waals surface area contributed by atoms with Gasteiger partial charge in [-0.15, -0.1) is 0 Å². The van der Waals surface area contributed by atoms with Crippen molar-refractivity contribution < 1.29 is 14.3 Å². The summed E-state index contributed by atoms with van der Waals surface area (Å²) in [5.74, 6) is -0.481. The second-order valence-corrected chi connectivity index (χ2v) is 6.95. The summed E-state index contributed by atoms with van der Waals surface area (Å²) in [6.07, 6.45) is -0.00979. The van der Waals surface area contributed by atoms with Gasteiger partial charge in [-0.05, 0) is 75.7 Å². The van der Waals surface area contributed by atoms with E-state index in [1.807, 2.05) is 12.1 Å². The molecule has 138 valence electrons. The van der Waals surface area contributed by atoms with Gasteiger partial charge in [0, 0.05) is 11.3 Å². The number of amides is 2. The summed E-state index contributed by atoms with van der Waals surface area (Å²) in [4.78, 5) is 26.7. The number of carbonyl (C=O) groups is 2. The van der Waals surface area contributed by atoms with Crippen LogP contribution in [0.4, 0.5) is 16.2 Å². The van der Waals surface area contributed by atoms with E-state index in [0.29, 0.717) is 23.5 Å². The third-order valence-corrected chi connectivity index (χ3v) is 3.56. The molecule has 0 heterocycles. The molecule has 0 fully saturated rings. The number of hydrogen-bond acceptors (Lipinski definition) is 5. The van der Waals surface area contributed by atoms with Crippen LogP contribution in [0.3, 0.4) is 0 Å². The molecule has 0 saturated heterocycles. The van der Waals surface area contributed by atoms with E-state index in [1.165, 1.54) is 0 Å². The lowest BCUT2D eigenvalue weighted by atomic mass is 10.1. The quantitative estimate of drug-likeness (QED) is 0.820. The molecule has 0 spiro atoms. The number of benzene rings is 2. The summed E-state index contributed by atoms with van der Waals surface area (Å²) in [5, 5.41) is 0. The van der Waals surface area contributed by atoms with Crippen molar-refractivity contribution in [1.82, 2.24) is 0 Å². The first kappa shape index (κ1) is 19.5. The molecule has 2 rings (SSSR count). The maximum absolute atomic E-state index is 13.0. The maximum atomic E-state index is 13.0. The van der Waals surface area contributed by atoms with Crippen LogP contribution in [0.15, 0.2) is 48.5 Å². The predicted octanol–water partition coefficient (Wildman–Crippen LogP) is 3.35. The minimum atomic E-state index is -0.731. The Labute approximate surface area is 153 Å². The number of hydrogen-bond donors (Lipinski definition) is 2. The average molecular weight is 355 g/mol. The lowest BCUT2D eigenvalue weighted by molar-refractivity contribution is 0.0564. The average Bonchev–Trinajstić information content (AvgIpc) is 2.56. The highest BCUT2D eigenvalue weighted by atomic mass is 16.6. The van der Waals surface area contributed by atoms with E-state index >= 15 is 0 Å². The zero-order chi connectivity index (χ0) is 19.3. The zero-order valence-electron chi connectivity index (χ0n) is 15.4. The third kappa shape index (κ3) is 5.07. The molecule has 0 aliphatic carbocycles. The number of nitrogens with zero attached hydrogens (tertiary/aromatic N) is 1. The van der Waals surface area contributed by atoms with E-state index in [9.17, 15) is 9.59 Å². The van der Waals surface area contributed by atoms with Gasteiger partial charge in [-0.25, -0.2) is 9.69 Å². The van der Waals surface area contributed by atoms with E-state index in [4.69, 9.17) is 16.2 Å². The zero-order valence-corrected chi connectivity index (χ0v) is 15.4. The summed E-state index contributed by atoms with van der Waals surface area (Å²) in [6, 6.07) is 13.5. The Morgan fingerprint density at radius 1 is 1.00 bits per heavy atom. The van der Waals surface area contributed by atoms with Gasteiger partial charge in [-0.1, -0.05) is 12.1 Å². The summed E-state index contributed by atoms with van der Waals surface area (Å²) in [7, 11) is 0. The minimum absolute atomic E-state index is 0.344. The molecule has 0 radical (unpaired) electrons. The van der Waals surface area contributed by atoms with Gasteiger partial charge >= 0.3 is 6.09 Å². The van der Waals surface area contributed by atoms with Crippen LogP contribution in [0, 0.1) is 0 Å². The molecule has 26 heavy (non-hydrogen) atoms. The number of carbonyl (C=O) groups excluding carboxylic acids is 2. The van der Waals surface area contributed by atoms with Crippen LogP contribution < -0.4 is 16.4 Å². The lowest BCUT2D eigenvalue weighted by Crippen LogP contribution is -2.41. The maximum Gasteiger partial charge on any atom is 0.422 e. The van der Waals surface area contributed by atoms with Crippen molar-refractivity contribution in [1.29, 1.82) is 0 Å². The molecule has 0 aliphatic heterocycles. The van der Waals surface area contributed by atoms with Gasteiger partial charge in [0.1, 0.15) is 5.60 Å². The molecular weight excluding hydrogens is 330 g/mol. The first-order valence-corrected chi connectivity index (χ1v) is 8.43. The van der Waals surface area contributed by atoms with Gasteiger partial charge < -0.3 is 16.2 Å². The van der Waals surface area contributed by atoms with Crippen LogP contribution in [0.1, 0.15) is 36.7 Å². The summed E-state index contributed by atoms with van der Waals surface area (Å²) in [6.45, 7) is 5.78. The fraction of sp³-hybridized carbons (Fsp3) is 0.300. The summed E-state index contributed by atoms with van der Waals surface area (Å²) < 4.78 is 5.42. The van der Waals surface area contributed by atoms with E-state index in [-0.39, 0.29) is 0 Å². The molecule has 4 N–H and O–H groups in total. The standard InChI is InChI=1S/C20H25N3O3/c1-20(2,3)26-19(25)23(17-10-4-14(5-11-17)12-13-21)18(24)15-6-8-16(22)9-7-15/h4-11H,12-13,21-22H2,1-3H3. The Morgan fingerprint density at radius 2 is 1.58 bits per heavy atom. The van der Waals surface area contributed by atoms with Crippen molar-refractivity contribution in [3.63, 3.8) is 0 Å². The summed E-state index contributed by atoms with van der Waals surface area (Å²) in [5.41, 5.74) is 12.9. The number of anilines is 2. The molecule has 2 amide bonds. The molecule has 2 aromatic rings. The van der Waals surface area contributed by atoms with Crippen molar-refractivity contribution in [2.24, 2.45) is 5.73 Å². The number of imide groups is 1. The Kier molecular flexibility index (Phi) is 6.00. The van der Waals surface area contributed by atoms with Crippen molar-refractivity contribution >= 4 is 23.4 Å². The lowest BCUT2D eigenvalue weighted by Gasteiger charge is -2.26. The third-order valence-electron chi connectivity index (χ3n) is 3.56. The van der Waals surface area contributed by atoms with Gasteiger partial charge in [-0.3, -0.25) is 4.79 Å². The smallest absolute Gasteiger partial charge is 0.422 e. The van der Waals surface area contributed by atoms with E-state index in [0.717, 1.165) is 16.9 Å². The van der Waals surface area contributed by atoms with Gasteiger partial charge in [0.05, 0.1) is 5.69 Å². The van der Waals surface area contributed by atoms with Gasteiger partial charge in [0.2, 0.25) is 0 Å². The number of nitrogens with two attached hydrogens (primary N) is 2. The Balaban J connectivity index is 2.39. The normalized spacial score (nSPS) is 11.1. The van der Waals surface area contributed by atoms with Crippen LogP contribution in [-0.2, 0) is 11.2 Å². The molecule has 0 aliphatic rings. The highest BCUT2D eigenvalue weighted by Gasteiger charge is 2.29. The Bertz CT molecular complexity index is 762. The molecule has 0 unspecified atom stereocenters. The van der Waals surface area contributed by atoms with Crippen LogP contribution in [0.5, 0.6) is 0 Å². The minimum Gasteiger partial charge on any atom is -0.443 e. The van der Waals surface area contributed by atoms with E-state index < -0.39 is 17.6 Å². The molecule has 2 aromatic carbocycles. The molecule has 0 saturated carbocycles. The van der Waals surface area contributed by atoms with Crippen molar-refractivity contribution in [2.75, 3.05) is 17.2 Å². The van der Waals surface area contributed by atoms with Crippen LogP contribution >= 0.6 is 0 Å². The van der Waals surface area contributed by atoms with Crippen LogP contribution in [-0.4, -0.2) is 24.1 Å². The topological polar surface area (TPSA) is 98.6 Å². The van der Waals surface area contributed by atoms with Gasteiger partial charge in [0.15, 0.2) is 0 Å². The second-order valence-electron chi connectivity index (χ2n) is 6.95. The predicted molar refractivity (Wildman–Crippen MR) is 103 cm³/mol. The molecule has 0 aromatic heterocycles. The van der Waals surface area contributed by atoms with Crippen molar-refractivity contribution in [3.05, 3.63) is 59.7 Å². The fourth-order valence-corrected chi connectivity index (χ4v) is 2.35. The summed E-state index contributed by atoms with van der Waals surface area (Å²) >= 11 is 0. The van der Waals surface area contributed by atoms with E-state index in [1.54, 1.807) is 57.2 Å². The molecule has 6 heteroatoms. The fourth-order valence-electron chi connectivity index (χ4n) is 2.35. The number of nitrogen functional groups attached to an aromatic ring is 1. The molecule has 6 nitrogen and oxygen atoms in total. The van der Waals surface area contributed by atoms with Crippen molar-refractivity contribution in [3.8, 4) is 0 Å². The highest BCUT2D eigenvalue weighted by molar-refractivity contribution is 6.19. The number of rotatable bonds is 4. The second kappa shape index (κ2) is 8.01. The largest absolute Gasteiger partial charge is 0.443 e.